The summed E-state index contributed by atoms with van der Waals surface area (Å²) in [6, 6.07) is 13.7. The first-order valence-corrected chi connectivity index (χ1v) is 9.06. The molecule has 0 saturated heterocycles. The van der Waals surface area contributed by atoms with Crippen LogP contribution in [0.2, 0.25) is 0 Å². The maximum atomic E-state index is 12.2. The number of benzene rings is 2. The number of ether oxygens (including phenoxy) is 1. The van der Waals surface area contributed by atoms with Crippen LogP contribution in [0.4, 0.5) is 5.69 Å². The lowest BCUT2D eigenvalue weighted by molar-refractivity contribution is 0.104. The van der Waals surface area contributed by atoms with E-state index in [2.05, 4.69) is 4.72 Å². The minimum atomic E-state index is -3.32. The molecule has 2 rings (SSSR count). The van der Waals surface area contributed by atoms with Crippen molar-refractivity contribution >= 4 is 27.6 Å². The summed E-state index contributed by atoms with van der Waals surface area (Å²) in [6.07, 6.45) is 3.18. The van der Waals surface area contributed by atoms with Gasteiger partial charge in [-0.1, -0.05) is 18.2 Å². The van der Waals surface area contributed by atoms with E-state index in [1.165, 1.54) is 6.08 Å². The largest absolute Gasteiger partial charge is 0.497 e. The predicted octanol–water partition coefficient (Wildman–Crippen LogP) is 3.35. The molecular weight excluding hydrogens is 326 g/mol. The molecule has 0 heterocycles. The van der Waals surface area contributed by atoms with Gasteiger partial charge >= 0.3 is 0 Å². The highest BCUT2D eigenvalue weighted by atomic mass is 32.2. The molecule has 24 heavy (non-hydrogen) atoms. The smallest absolute Gasteiger partial charge is 0.232 e. The van der Waals surface area contributed by atoms with Crippen LogP contribution >= 0.6 is 0 Å². The number of carbonyl (C=O) groups excluding carboxylic acids is 1. The van der Waals surface area contributed by atoms with E-state index in [4.69, 9.17) is 4.74 Å². The van der Waals surface area contributed by atoms with E-state index in [-0.39, 0.29) is 11.5 Å². The van der Waals surface area contributed by atoms with E-state index < -0.39 is 10.0 Å². The molecule has 0 unspecified atom stereocenters. The minimum absolute atomic E-state index is 0.00302. The van der Waals surface area contributed by atoms with Crippen LogP contribution in [0, 0.1) is 0 Å². The number of sulfonamides is 1. The quantitative estimate of drug-likeness (QED) is 0.617. The van der Waals surface area contributed by atoms with Crippen LogP contribution in [0.25, 0.3) is 6.08 Å². The first-order chi connectivity index (χ1) is 11.4. The van der Waals surface area contributed by atoms with Crippen LogP contribution in [0.3, 0.4) is 0 Å². The van der Waals surface area contributed by atoms with Crippen LogP contribution in [0.15, 0.2) is 54.6 Å². The van der Waals surface area contributed by atoms with Crippen molar-refractivity contribution in [1.82, 2.24) is 0 Å². The first-order valence-electron chi connectivity index (χ1n) is 7.40. The van der Waals surface area contributed by atoms with Crippen LogP contribution in [0.1, 0.15) is 22.8 Å². The molecule has 0 aliphatic carbocycles. The third kappa shape index (κ3) is 4.96. The zero-order valence-corrected chi connectivity index (χ0v) is 14.3. The van der Waals surface area contributed by atoms with Gasteiger partial charge in [0, 0.05) is 11.3 Å². The average Bonchev–Trinajstić information content (AvgIpc) is 2.60. The molecule has 5 nitrogen and oxygen atoms in total. The Morgan fingerprint density at radius 1 is 1.17 bits per heavy atom. The van der Waals surface area contributed by atoms with E-state index in [1.807, 2.05) is 24.3 Å². The number of carbonyl (C=O) groups is 1. The topological polar surface area (TPSA) is 72.5 Å². The number of ketones is 1. The second kappa shape index (κ2) is 7.79. The maximum Gasteiger partial charge on any atom is 0.232 e. The molecule has 0 aliphatic rings. The SMILES string of the molecule is CCS(=O)(=O)Nc1ccc(C(=O)C=Cc2cccc(OC)c2)cc1. The van der Waals surface area contributed by atoms with Gasteiger partial charge in [-0.3, -0.25) is 9.52 Å². The summed E-state index contributed by atoms with van der Waals surface area (Å²) >= 11 is 0. The number of allylic oxidation sites excluding steroid dienone is 1. The molecule has 0 bridgehead atoms. The third-order valence-electron chi connectivity index (χ3n) is 3.34. The predicted molar refractivity (Wildman–Crippen MR) is 95.9 cm³/mol. The van der Waals surface area contributed by atoms with Crippen molar-refractivity contribution in [3.8, 4) is 5.75 Å². The molecule has 0 amide bonds. The Kier molecular flexibility index (Phi) is 5.76. The van der Waals surface area contributed by atoms with Crippen molar-refractivity contribution in [3.05, 3.63) is 65.7 Å². The number of anilines is 1. The number of hydrogen-bond donors (Lipinski definition) is 1. The van der Waals surface area contributed by atoms with Gasteiger partial charge in [-0.2, -0.15) is 0 Å². The Balaban J connectivity index is 2.08. The highest BCUT2D eigenvalue weighted by Gasteiger charge is 2.07. The first kappa shape index (κ1) is 17.7. The van der Waals surface area contributed by atoms with Crippen molar-refractivity contribution in [1.29, 1.82) is 0 Å². The molecule has 2 aromatic carbocycles. The number of methoxy groups -OCH3 is 1. The monoisotopic (exact) mass is 345 g/mol. The Labute approximate surface area is 142 Å². The van der Waals surface area contributed by atoms with Crippen LogP contribution in [-0.2, 0) is 10.0 Å². The molecule has 0 atom stereocenters. The fourth-order valence-corrected chi connectivity index (χ4v) is 2.61. The fourth-order valence-electron chi connectivity index (χ4n) is 1.97. The van der Waals surface area contributed by atoms with E-state index in [0.29, 0.717) is 11.3 Å². The van der Waals surface area contributed by atoms with Crippen molar-refractivity contribution in [2.45, 2.75) is 6.92 Å². The minimum Gasteiger partial charge on any atom is -0.497 e. The lowest BCUT2D eigenvalue weighted by Crippen LogP contribution is -2.14. The summed E-state index contributed by atoms with van der Waals surface area (Å²) in [4.78, 5) is 12.2. The summed E-state index contributed by atoms with van der Waals surface area (Å²) in [7, 11) is -1.73. The van der Waals surface area contributed by atoms with Gasteiger partial charge in [-0.15, -0.1) is 0 Å². The average molecular weight is 345 g/mol. The summed E-state index contributed by atoms with van der Waals surface area (Å²) < 4.78 is 30.6. The van der Waals surface area contributed by atoms with Crippen LogP contribution in [-0.4, -0.2) is 27.1 Å². The van der Waals surface area contributed by atoms with E-state index in [0.717, 1.165) is 11.3 Å². The molecule has 2 aromatic rings. The molecule has 1 N–H and O–H groups in total. The fraction of sp³-hybridized carbons (Fsp3) is 0.167. The van der Waals surface area contributed by atoms with Gasteiger partial charge in [0.15, 0.2) is 5.78 Å². The van der Waals surface area contributed by atoms with Crippen molar-refractivity contribution in [2.75, 3.05) is 17.6 Å². The Bertz CT molecular complexity index is 840. The molecule has 0 aliphatic heterocycles. The second-order valence-corrected chi connectivity index (χ2v) is 7.07. The number of nitrogens with one attached hydrogen (secondary N) is 1. The van der Waals surface area contributed by atoms with E-state index in [1.54, 1.807) is 44.4 Å². The molecule has 0 spiro atoms. The van der Waals surface area contributed by atoms with Gasteiger partial charge in [-0.25, -0.2) is 8.42 Å². The van der Waals surface area contributed by atoms with Gasteiger partial charge in [-0.05, 0) is 55.0 Å². The van der Waals surface area contributed by atoms with Crippen molar-refractivity contribution in [2.24, 2.45) is 0 Å². The molecule has 126 valence electrons. The second-order valence-electron chi connectivity index (χ2n) is 5.06. The maximum absolute atomic E-state index is 12.2. The lowest BCUT2D eigenvalue weighted by atomic mass is 10.1. The Hall–Kier alpha value is -2.60. The zero-order valence-electron chi connectivity index (χ0n) is 13.5. The van der Waals surface area contributed by atoms with E-state index in [9.17, 15) is 13.2 Å². The van der Waals surface area contributed by atoms with Gasteiger partial charge in [0.2, 0.25) is 10.0 Å². The van der Waals surface area contributed by atoms with Gasteiger partial charge in [0.25, 0.3) is 0 Å². The van der Waals surface area contributed by atoms with E-state index >= 15 is 0 Å². The van der Waals surface area contributed by atoms with Gasteiger partial charge in [0.05, 0.1) is 12.9 Å². The summed E-state index contributed by atoms with van der Waals surface area (Å²) in [6.45, 7) is 1.56. The standard InChI is InChI=1S/C18H19NO4S/c1-3-24(21,22)19-16-10-8-15(9-11-16)18(20)12-7-14-5-4-6-17(13-14)23-2/h4-13,19H,3H2,1-2H3. The number of hydrogen-bond acceptors (Lipinski definition) is 4. The molecule has 0 saturated carbocycles. The van der Waals surface area contributed by atoms with Crippen molar-refractivity contribution in [3.63, 3.8) is 0 Å². The Morgan fingerprint density at radius 3 is 2.50 bits per heavy atom. The molecule has 6 heteroatoms. The highest BCUT2D eigenvalue weighted by molar-refractivity contribution is 7.92. The summed E-state index contributed by atoms with van der Waals surface area (Å²) in [5.41, 5.74) is 1.77. The normalized spacial score (nSPS) is 11.4. The Morgan fingerprint density at radius 2 is 1.88 bits per heavy atom. The van der Waals surface area contributed by atoms with Gasteiger partial charge < -0.3 is 4.74 Å². The number of rotatable bonds is 7. The van der Waals surface area contributed by atoms with Crippen LogP contribution in [0.5, 0.6) is 5.75 Å². The summed E-state index contributed by atoms with van der Waals surface area (Å²) in [5, 5.41) is 0. The lowest BCUT2D eigenvalue weighted by Gasteiger charge is -2.06. The van der Waals surface area contributed by atoms with Crippen molar-refractivity contribution < 1.29 is 17.9 Å². The zero-order chi connectivity index (χ0) is 17.6. The molecule has 0 fully saturated rings. The molecular formula is C18H19NO4S. The summed E-state index contributed by atoms with van der Waals surface area (Å²) in [5.74, 6) is 0.552. The molecule has 0 aromatic heterocycles. The highest BCUT2D eigenvalue weighted by Crippen LogP contribution is 2.15. The van der Waals surface area contributed by atoms with Crippen LogP contribution < -0.4 is 9.46 Å². The molecule has 0 radical (unpaired) electrons. The third-order valence-corrected chi connectivity index (χ3v) is 4.65. The van der Waals surface area contributed by atoms with Gasteiger partial charge in [0.1, 0.15) is 5.75 Å².